The van der Waals surface area contributed by atoms with Gasteiger partial charge in [0, 0.05) is 16.3 Å². The van der Waals surface area contributed by atoms with Gasteiger partial charge >= 0.3 is 5.97 Å². The van der Waals surface area contributed by atoms with Gasteiger partial charge in [-0.15, -0.1) is 22.7 Å². The van der Waals surface area contributed by atoms with Crippen molar-refractivity contribution in [1.82, 2.24) is 4.98 Å². The molecule has 0 radical (unpaired) electrons. The molecule has 0 aliphatic heterocycles. The van der Waals surface area contributed by atoms with E-state index in [2.05, 4.69) is 11.1 Å². The molecule has 4 nitrogen and oxygen atoms in total. The Kier molecular flexibility index (Phi) is 2.96. The fourth-order valence-electron chi connectivity index (χ4n) is 1.63. The molecule has 0 unspecified atom stereocenters. The molecule has 19 heavy (non-hydrogen) atoms. The van der Waals surface area contributed by atoms with Crippen LogP contribution in [0.2, 0.25) is 0 Å². The van der Waals surface area contributed by atoms with E-state index in [1.165, 1.54) is 28.5 Å². The van der Waals surface area contributed by atoms with E-state index >= 15 is 0 Å². The Morgan fingerprint density at radius 3 is 2.89 bits per heavy atom. The third kappa shape index (κ3) is 2.32. The average molecular weight is 291 g/mol. The van der Waals surface area contributed by atoms with Crippen molar-refractivity contribution >= 4 is 28.6 Å². The summed E-state index contributed by atoms with van der Waals surface area (Å²) in [5, 5.41) is 11.6. The van der Waals surface area contributed by atoms with Crippen molar-refractivity contribution in [2.45, 2.75) is 6.92 Å². The maximum absolute atomic E-state index is 10.8. The van der Waals surface area contributed by atoms with Gasteiger partial charge in [0.1, 0.15) is 17.0 Å². The number of aryl methyl sites for hydroxylation is 1. The molecule has 3 aromatic heterocycles. The molecule has 0 atom stereocenters. The number of hydrogen-bond acceptors (Lipinski definition) is 5. The maximum atomic E-state index is 10.8. The van der Waals surface area contributed by atoms with Crippen LogP contribution in [0.5, 0.6) is 0 Å². The third-order valence-corrected chi connectivity index (χ3v) is 4.57. The number of hydrogen-bond donors (Lipinski definition) is 1. The van der Waals surface area contributed by atoms with Crippen LogP contribution in [0.1, 0.15) is 15.2 Å². The van der Waals surface area contributed by atoms with Gasteiger partial charge in [0.05, 0.1) is 10.4 Å². The first kappa shape index (κ1) is 12.1. The summed E-state index contributed by atoms with van der Waals surface area (Å²) < 4.78 is 5.23. The van der Waals surface area contributed by atoms with Crippen LogP contribution in [-0.2, 0) is 0 Å². The van der Waals surface area contributed by atoms with Crippen molar-refractivity contribution in [3.05, 3.63) is 40.3 Å². The zero-order valence-corrected chi connectivity index (χ0v) is 11.5. The Balaban J connectivity index is 1.94. The molecule has 0 bridgehead atoms. The van der Waals surface area contributed by atoms with Gasteiger partial charge in [-0.05, 0) is 19.1 Å². The number of furan rings is 1. The van der Waals surface area contributed by atoms with E-state index in [9.17, 15) is 4.79 Å². The van der Waals surface area contributed by atoms with Gasteiger partial charge in [-0.3, -0.25) is 0 Å². The number of rotatable bonds is 3. The molecule has 0 amide bonds. The second kappa shape index (κ2) is 4.64. The van der Waals surface area contributed by atoms with E-state index in [0.29, 0.717) is 11.5 Å². The minimum atomic E-state index is -1.00. The van der Waals surface area contributed by atoms with Gasteiger partial charge in [0.2, 0.25) is 0 Å². The molecule has 0 aliphatic carbocycles. The second-order valence-electron chi connectivity index (χ2n) is 3.95. The molecule has 0 spiro atoms. The summed E-state index contributed by atoms with van der Waals surface area (Å²) >= 11 is 3.20. The molecule has 1 N–H and O–H groups in total. The van der Waals surface area contributed by atoms with Crippen molar-refractivity contribution in [2.24, 2.45) is 0 Å². The second-order valence-corrected chi connectivity index (χ2v) is 6.10. The number of carbonyl (C=O) groups is 1. The first-order valence-corrected chi connectivity index (χ1v) is 7.17. The molecule has 96 valence electrons. The van der Waals surface area contributed by atoms with Gasteiger partial charge in [-0.2, -0.15) is 0 Å². The predicted octanol–water partition coefficient (Wildman–Crippen LogP) is 4.14. The van der Waals surface area contributed by atoms with Crippen LogP contribution >= 0.6 is 22.7 Å². The largest absolute Gasteiger partial charge is 0.478 e. The fourth-order valence-corrected chi connectivity index (χ4v) is 3.38. The van der Waals surface area contributed by atoms with Gasteiger partial charge in [0.15, 0.2) is 5.76 Å². The Hall–Kier alpha value is -1.92. The van der Waals surface area contributed by atoms with E-state index in [1.54, 1.807) is 11.3 Å². The summed E-state index contributed by atoms with van der Waals surface area (Å²) in [6.07, 6.45) is 1.23. The molecule has 0 fully saturated rings. The first-order chi connectivity index (χ1) is 9.13. The zero-order valence-electron chi connectivity index (χ0n) is 9.91. The Labute approximate surface area is 117 Å². The number of nitrogens with zero attached hydrogens (tertiary/aromatic N) is 1. The summed E-state index contributed by atoms with van der Waals surface area (Å²) in [5.74, 6) is -0.521. The van der Waals surface area contributed by atoms with E-state index in [0.717, 1.165) is 9.88 Å². The summed E-state index contributed by atoms with van der Waals surface area (Å²) in [5.41, 5.74) is 0.801. The van der Waals surface area contributed by atoms with E-state index in [-0.39, 0.29) is 5.56 Å². The Morgan fingerprint density at radius 1 is 1.42 bits per heavy atom. The lowest BCUT2D eigenvalue weighted by atomic mass is 10.3. The highest BCUT2D eigenvalue weighted by Crippen LogP contribution is 2.33. The van der Waals surface area contributed by atoms with E-state index < -0.39 is 5.97 Å². The lowest BCUT2D eigenvalue weighted by Crippen LogP contribution is -1.91. The fraction of sp³-hybridized carbons (Fsp3) is 0.0769. The standard InChI is InChI=1S/C13H9NO3S2/c1-7-2-3-11(19-7)12-14-9(6-18-12)10-4-8(5-17-10)13(15)16/h2-6H,1H3,(H,15,16). The highest BCUT2D eigenvalue weighted by molar-refractivity contribution is 7.21. The number of thiazole rings is 1. The minimum Gasteiger partial charge on any atom is -0.478 e. The molecule has 6 heteroatoms. The SMILES string of the molecule is Cc1ccc(-c2nc(-c3cc(C(=O)O)co3)cs2)s1. The predicted molar refractivity (Wildman–Crippen MR) is 74.8 cm³/mol. The number of aromatic nitrogens is 1. The highest BCUT2D eigenvalue weighted by Gasteiger charge is 2.13. The molecule has 0 aromatic carbocycles. The Bertz CT molecular complexity index is 739. The lowest BCUT2D eigenvalue weighted by Gasteiger charge is -1.88. The lowest BCUT2D eigenvalue weighted by molar-refractivity contribution is 0.0696. The monoisotopic (exact) mass is 291 g/mol. The average Bonchev–Trinajstić information content (AvgIpc) is 3.07. The molecule has 3 rings (SSSR count). The van der Waals surface area contributed by atoms with E-state index in [4.69, 9.17) is 9.52 Å². The van der Waals surface area contributed by atoms with Crippen LogP contribution in [0, 0.1) is 6.92 Å². The van der Waals surface area contributed by atoms with Crippen LogP contribution < -0.4 is 0 Å². The van der Waals surface area contributed by atoms with Crippen LogP contribution in [0.15, 0.2) is 34.3 Å². The normalized spacial score (nSPS) is 10.8. The number of carboxylic acid groups (broad SMARTS) is 1. The van der Waals surface area contributed by atoms with Gasteiger partial charge < -0.3 is 9.52 Å². The van der Waals surface area contributed by atoms with Gasteiger partial charge in [-0.1, -0.05) is 0 Å². The van der Waals surface area contributed by atoms with Crippen molar-refractivity contribution in [3.63, 3.8) is 0 Å². The van der Waals surface area contributed by atoms with Crippen molar-refractivity contribution < 1.29 is 14.3 Å². The van der Waals surface area contributed by atoms with Gasteiger partial charge in [-0.25, -0.2) is 9.78 Å². The summed E-state index contributed by atoms with van der Waals surface area (Å²) in [6, 6.07) is 5.57. The maximum Gasteiger partial charge on any atom is 0.338 e. The smallest absolute Gasteiger partial charge is 0.338 e. The summed E-state index contributed by atoms with van der Waals surface area (Å²) in [7, 11) is 0. The quantitative estimate of drug-likeness (QED) is 0.787. The summed E-state index contributed by atoms with van der Waals surface area (Å²) in [6.45, 7) is 2.05. The molecule has 0 saturated heterocycles. The van der Waals surface area contributed by atoms with Crippen LogP contribution in [0.4, 0.5) is 0 Å². The molecule has 0 saturated carbocycles. The molecular formula is C13H9NO3S2. The first-order valence-electron chi connectivity index (χ1n) is 5.48. The highest BCUT2D eigenvalue weighted by atomic mass is 32.1. The molecule has 0 aliphatic rings. The third-order valence-electron chi connectivity index (χ3n) is 2.55. The molecule has 3 heterocycles. The topological polar surface area (TPSA) is 63.3 Å². The summed E-state index contributed by atoms with van der Waals surface area (Å²) in [4.78, 5) is 17.6. The molecular weight excluding hydrogens is 282 g/mol. The number of thiophene rings is 1. The van der Waals surface area contributed by atoms with Crippen molar-refractivity contribution in [3.8, 4) is 21.3 Å². The zero-order chi connectivity index (χ0) is 13.4. The number of aromatic carboxylic acids is 1. The van der Waals surface area contributed by atoms with Gasteiger partial charge in [0.25, 0.3) is 0 Å². The Morgan fingerprint density at radius 2 is 2.26 bits per heavy atom. The van der Waals surface area contributed by atoms with Crippen LogP contribution in [-0.4, -0.2) is 16.1 Å². The van der Waals surface area contributed by atoms with Crippen molar-refractivity contribution in [2.75, 3.05) is 0 Å². The molecule has 3 aromatic rings. The van der Waals surface area contributed by atoms with E-state index in [1.807, 2.05) is 18.4 Å². The number of carboxylic acids is 1. The van der Waals surface area contributed by atoms with Crippen molar-refractivity contribution in [1.29, 1.82) is 0 Å². The van der Waals surface area contributed by atoms with Crippen LogP contribution in [0.3, 0.4) is 0 Å². The minimum absolute atomic E-state index is 0.136. The van der Waals surface area contributed by atoms with Crippen LogP contribution in [0.25, 0.3) is 21.3 Å².